The fourth-order valence-electron chi connectivity index (χ4n) is 3.02. The molecule has 0 radical (unpaired) electrons. The van der Waals surface area contributed by atoms with Crippen LogP contribution in [0.5, 0.6) is 0 Å². The summed E-state index contributed by atoms with van der Waals surface area (Å²) in [5, 5.41) is 9.74. The lowest BCUT2D eigenvalue weighted by Gasteiger charge is -2.36. The maximum atomic E-state index is 12.3. The van der Waals surface area contributed by atoms with Crippen LogP contribution in [0.1, 0.15) is 18.7 Å². The van der Waals surface area contributed by atoms with Gasteiger partial charge in [-0.1, -0.05) is 0 Å². The Bertz CT molecular complexity index is 539. The number of amides is 3. The third-order valence-electron chi connectivity index (χ3n) is 4.45. The Morgan fingerprint density at radius 2 is 2.17 bits per heavy atom. The minimum Gasteiger partial charge on any atom is -0.344 e. The van der Waals surface area contributed by atoms with E-state index in [1.54, 1.807) is 11.9 Å². The number of likely N-dealkylation sites (tertiary alicyclic amines) is 1. The molecule has 0 bridgehead atoms. The number of rotatable bonds is 3. The number of carbonyl (C=O) groups is 2. The molecule has 9 nitrogen and oxygen atoms in total. The van der Waals surface area contributed by atoms with E-state index in [-0.39, 0.29) is 18.0 Å². The van der Waals surface area contributed by atoms with Gasteiger partial charge in [0.05, 0.1) is 6.54 Å². The highest BCUT2D eigenvalue weighted by molar-refractivity contribution is 5.78. The van der Waals surface area contributed by atoms with E-state index in [1.807, 2.05) is 4.90 Å². The second-order valence-corrected chi connectivity index (χ2v) is 6.15. The predicted octanol–water partition coefficient (Wildman–Crippen LogP) is -0.747. The first-order chi connectivity index (χ1) is 11.1. The molecule has 0 aromatic carbocycles. The van der Waals surface area contributed by atoms with E-state index < -0.39 is 0 Å². The number of H-pyrrole nitrogens is 1. The average Bonchev–Trinajstić information content (AvgIpc) is 3.04. The highest BCUT2D eigenvalue weighted by Crippen LogP contribution is 2.11. The number of piperidine rings is 1. The van der Waals surface area contributed by atoms with Crippen LogP contribution in [0.25, 0.3) is 0 Å². The molecule has 2 fully saturated rings. The zero-order valence-electron chi connectivity index (χ0n) is 13.4. The maximum Gasteiger partial charge on any atom is 0.317 e. The number of nitrogens with zero attached hydrogens (tertiary/aromatic N) is 5. The molecule has 2 N–H and O–H groups in total. The Morgan fingerprint density at radius 3 is 2.83 bits per heavy atom. The van der Waals surface area contributed by atoms with Crippen molar-refractivity contribution in [3.63, 3.8) is 0 Å². The Morgan fingerprint density at radius 1 is 1.39 bits per heavy atom. The molecule has 1 aromatic heterocycles. The second kappa shape index (κ2) is 6.95. The standard InChI is InChI=1S/C14H23N7O2/c1-19-8-11(2-3-13(19)22)17-14(23)21-6-4-20(5-7-21)9-12-15-10-16-18-12/h10-11H,2-9H2,1H3,(H,17,23)(H,15,16,18)/t11-/m1/s1. The van der Waals surface area contributed by atoms with Gasteiger partial charge in [-0.2, -0.15) is 5.10 Å². The number of hydrogen-bond acceptors (Lipinski definition) is 5. The van der Waals surface area contributed by atoms with Crippen LogP contribution in [-0.4, -0.2) is 87.6 Å². The topological polar surface area (TPSA) is 97.5 Å². The molecule has 0 saturated carbocycles. The molecule has 1 aromatic rings. The zero-order chi connectivity index (χ0) is 16.2. The summed E-state index contributed by atoms with van der Waals surface area (Å²) in [6.45, 7) is 4.35. The molecule has 3 amide bonds. The zero-order valence-corrected chi connectivity index (χ0v) is 13.4. The van der Waals surface area contributed by atoms with E-state index in [0.717, 1.165) is 31.9 Å². The normalized spacial score (nSPS) is 23.2. The molecule has 3 rings (SSSR count). The van der Waals surface area contributed by atoms with Gasteiger partial charge in [0, 0.05) is 52.2 Å². The lowest BCUT2D eigenvalue weighted by atomic mass is 10.1. The van der Waals surface area contributed by atoms with Gasteiger partial charge < -0.3 is 15.1 Å². The SMILES string of the molecule is CN1C[C@H](NC(=O)N2CCN(Cc3ncn[nH]3)CC2)CCC1=O. The third-order valence-corrected chi connectivity index (χ3v) is 4.45. The number of piperazine rings is 1. The maximum absolute atomic E-state index is 12.3. The number of likely N-dealkylation sites (N-methyl/N-ethyl adjacent to an activating group) is 1. The first-order valence-electron chi connectivity index (χ1n) is 7.98. The van der Waals surface area contributed by atoms with Crippen LogP contribution in [0.15, 0.2) is 6.33 Å². The van der Waals surface area contributed by atoms with E-state index in [1.165, 1.54) is 6.33 Å². The molecular formula is C14H23N7O2. The van der Waals surface area contributed by atoms with E-state index in [2.05, 4.69) is 25.4 Å². The first-order valence-corrected chi connectivity index (χ1v) is 7.98. The Balaban J connectivity index is 1.42. The summed E-state index contributed by atoms with van der Waals surface area (Å²) < 4.78 is 0. The van der Waals surface area contributed by atoms with Crippen molar-refractivity contribution in [2.45, 2.75) is 25.4 Å². The largest absolute Gasteiger partial charge is 0.344 e. The fraction of sp³-hybridized carbons (Fsp3) is 0.714. The number of hydrogen-bond donors (Lipinski definition) is 2. The minimum atomic E-state index is -0.0305. The van der Waals surface area contributed by atoms with Gasteiger partial charge in [-0.3, -0.25) is 14.8 Å². The van der Waals surface area contributed by atoms with Gasteiger partial charge in [0.25, 0.3) is 0 Å². The van der Waals surface area contributed by atoms with E-state index in [9.17, 15) is 9.59 Å². The van der Waals surface area contributed by atoms with Gasteiger partial charge in [0.1, 0.15) is 12.2 Å². The molecule has 2 aliphatic heterocycles. The smallest absolute Gasteiger partial charge is 0.317 e. The van der Waals surface area contributed by atoms with Crippen molar-refractivity contribution in [1.82, 2.24) is 35.2 Å². The monoisotopic (exact) mass is 321 g/mol. The average molecular weight is 321 g/mol. The van der Waals surface area contributed by atoms with Crippen LogP contribution < -0.4 is 5.32 Å². The minimum absolute atomic E-state index is 0.0305. The predicted molar refractivity (Wildman–Crippen MR) is 82.4 cm³/mol. The van der Waals surface area contributed by atoms with Gasteiger partial charge in [-0.05, 0) is 6.42 Å². The Kier molecular flexibility index (Phi) is 4.75. The molecule has 23 heavy (non-hydrogen) atoms. The van der Waals surface area contributed by atoms with Crippen molar-refractivity contribution in [1.29, 1.82) is 0 Å². The van der Waals surface area contributed by atoms with Crippen molar-refractivity contribution >= 4 is 11.9 Å². The van der Waals surface area contributed by atoms with E-state index in [0.29, 0.717) is 26.1 Å². The highest BCUT2D eigenvalue weighted by atomic mass is 16.2. The molecule has 1 atom stereocenters. The number of nitrogens with one attached hydrogen (secondary N) is 2. The van der Waals surface area contributed by atoms with Gasteiger partial charge in [-0.15, -0.1) is 0 Å². The Labute approximate surface area is 135 Å². The summed E-state index contributed by atoms with van der Waals surface area (Å²) in [5.74, 6) is 0.995. The highest BCUT2D eigenvalue weighted by Gasteiger charge is 2.27. The van der Waals surface area contributed by atoms with E-state index in [4.69, 9.17) is 0 Å². The molecular weight excluding hydrogens is 298 g/mol. The van der Waals surface area contributed by atoms with Crippen molar-refractivity contribution in [2.24, 2.45) is 0 Å². The number of urea groups is 1. The summed E-state index contributed by atoms with van der Waals surface area (Å²) in [4.78, 5) is 33.7. The number of carbonyl (C=O) groups excluding carboxylic acids is 2. The van der Waals surface area contributed by atoms with Gasteiger partial charge in [0.15, 0.2) is 0 Å². The van der Waals surface area contributed by atoms with Crippen LogP contribution in [-0.2, 0) is 11.3 Å². The quantitative estimate of drug-likeness (QED) is 0.764. The second-order valence-electron chi connectivity index (χ2n) is 6.15. The van der Waals surface area contributed by atoms with Crippen molar-refractivity contribution in [3.05, 3.63) is 12.2 Å². The summed E-state index contributed by atoms with van der Waals surface area (Å²) in [7, 11) is 1.78. The number of aromatic nitrogens is 3. The summed E-state index contributed by atoms with van der Waals surface area (Å²) in [6.07, 6.45) is 2.73. The lowest BCUT2D eigenvalue weighted by molar-refractivity contribution is -0.132. The lowest BCUT2D eigenvalue weighted by Crippen LogP contribution is -2.56. The van der Waals surface area contributed by atoms with E-state index >= 15 is 0 Å². The van der Waals surface area contributed by atoms with Crippen molar-refractivity contribution in [2.75, 3.05) is 39.8 Å². The van der Waals surface area contributed by atoms with Crippen molar-refractivity contribution in [3.8, 4) is 0 Å². The van der Waals surface area contributed by atoms with Crippen LogP contribution in [0.3, 0.4) is 0 Å². The van der Waals surface area contributed by atoms with Crippen LogP contribution in [0, 0.1) is 0 Å². The fourth-order valence-corrected chi connectivity index (χ4v) is 3.02. The molecule has 126 valence electrons. The number of aromatic amines is 1. The molecule has 3 heterocycles. The molecule has 0 aliphatic carbocycles. The molecule has 0 unspecified atom stereocenters. The summed E-state index contributed by atoms with van der Waals surface area (Å²) in [6, 6.07) is 0.0227. The molecule has 0 spiro atoms. The van der Waals surface area contributed by atoms with Crippen LogP contribution in [0.4, 0.5) is 4.79 Å². The van der Waals surface area contributed by atoms with Crippen LogP contribution in [0.2, 0.25) is 0 Å². The van der Waals surface area contributed by atoms with Gasteiger partial charge in [-0.25, -0.2) is 9.78 Å². The van der Waals surface area contributed by atoms with Gasteiger partial charge >= 0.3 is 6.03 Å². The molecule has 2 aliphatic rings. The van der Waals surface area contributed by atoms with Gasteiger partial charge in [0.2, 0.25) is 5.91 Å². The summed E-state index contributed by atoms with van der Waals surface area (Å²) in [5.41, 5.74) is 0. The molecule has 9 heteroatoms. The first kappa shape index (κ1) is 15.7. The summed E-state index contributed by atoms with van der Waals surface area (Å²) >= 11 is 0. The van der Waals surface area contributed by atoms with Crippen molar-refractivity contribution < 1.29 is 9.59 Å². The van der Waals surface area contributed by atoms with Crippen LogP contribution >= 0.6 is 0 Å². The Hall–Kier alpha value is -2.16. The third kappa shape index (κ3) is 3.98. The molecule has 2 saturated heterocycles.